The fraction of sp³-hybridized carbons (Fsp3) is 0.200. The zero-order valence-corrected chi connectivity index (χ0v) is 11.6. The Morgan fingerprint density at radius 3 is 2.60 bits per heavy atom. The largest absolute Gasteiger partial charge is 0.490 e. The molecule has 0 aliphatic carbocycles. The third kappa shape index (κ3) is 3.26. The fourth-order valence-electron chi connectivity index (χ4n) is 1.92. The average molecular weight is 270 g/mol. The number of rotatable bonds is 4. The molecule has 5 heteroatoms. The number of nitrogens with two attached hydrogens (primary N) is 2. The van der Waals surface area contributed by atoms with E-state index in [2.05, 4.69) is 10.2 Å². The first-order valence-electron chi connectivity index (χ1n) is 6.38. The summed E-state index contributed by atoms with van der Waals surface area (Å²) in [5.74, 6) is 0.682. The molecule has 0 aromatic heterocycles. The van der Waals surface area contributed by atoms with E-state index in [0.717, 1.165) is 22.1 Å². The molecule has 5 nitrogen and oxygen atoms in total. The van der Waals surface area contributed by atoms with Gasteiger partial charge in [-0.1, -0.05) is 30.3 Å². The summed E-state index contributed by atoms with van der Waals surface area (Å²) in [7, 11) is 0. The predicted molar refractivity (Wildman–Crippen MR) is 83.1 cm³/mol. The van der Waals surface area contributed by atoms with E-state index in [1.165, 1.54) is 0 Å². The van der Waals surface area contributed by atoms with Gasteiger partial charge in [-0.2, -0.15) is 5.10 Å². The Balaban J connectivity index is 2.55. The van der Waals surface area contributed by atoms with Crippen molar-refractivity contribution in [3.05, 3.63) is 42.0 Å². The highest BCUT2D eigenvalue weighted by molar-refractivity contribution is 6.02. The Hall–Kier alpha value is -2.56. The molecule has 20 heavy (non-hydrogen) atoms. The Kier molecular flexibility index (Phi) is 4.20. The number of ether oxygens (including phenoxy) is 1. The maximum absolute atomic E-state index is 5.81. The molecule has 2 rings (SSSR count). The van der Waals surface area contributed by atoms with Gasteiger partial charge in [0.25, 0.3) is 0 Å². The molecule has 104 valence electrons. The van der Waals surface area contributed by atoms with E-state index in [1.807, 2.05) is 50.2 Å². The summed E-state index contributed by atoms with van der Waals surface area (Å²) in [5.41, 5.74) is 11.4. The highest BCUT2D eigenvalue weighted by Crippen LogP contribution is 2.27. The van der Waals surface area contributed by atoms with Crippen LogP contribution in [0.1, 0.15) is 19.4 Å². The van der Waals surface area contributed by atoms with Gasteiger partial charge in [-0.05, 0) is 30.7 Å². The van der Waals surface area contributed by atoms with Crippen molar-refractivity contribution in [2.24, 2.45) is 21.7 Å². The average Bonchev–Trinajstić information content (AvgIpc) is 2.40. The summed E-state index contributed by atoms with van der Waals surface area (Å²) >= 11 is 0. The third-order valence-electron chi connectivity index (χ3n) is 2.65. The lowest BCUT2D eigenvalue weighted by atomic mass is 10.0. The normalized spacial score (nSPS) is 11.2. The topological polar surface area (TPSA) is 86.0 Å². The third-order valence-corrected chi connectivity index (χ3v) is 2.65. The van der Waals surface area contributed by atoms with Gasteiger partial charge in [-0.3, -0.25) is 0 Å². The Labute approximate surface area is 117 Å². The van der Waals surface area contributed by atoms with Gasteiger partial charge in [0, 0.05) is 5.56 Å². The molecule has 2 aromatic rings. The van der Waals surface area contributed by atoms with Crippen LogP contribution in [0.4, 0.5) is 0 Å². The van der Waals surface area contributed by atoms with E-state index in [9.17, 15) is 0 Å². The molecule has 0 spiro atoms. The number of hydrogen-bond acceptors (Lipinski definition) is 3. The van der Waals surface area contributed by atoms with Crippen molar-refractivity contribution in [1.29, 1.82) is 0 Å². The Bertz CT molecular complexity index is 658. The number of nitrogens with zero attached hydrogens (tertiary/aromatic N) is 2. The zero-order valence-electron chi connectivity index (χ0n) is 11.6. The molecule has 0 unspecified atom stereocenters. The molecular formula is C15H18N4O. The van der Waals surface area contributed by atoms with Crippen molar-refractivity contribution >= 4 is 22.9 Å². The van der Waals surface area contributed by atoms with Gasteiger partial charge < -0.3 is 16.2 Å². The van der Waals surface area contributed by atoms with Crippen molar-refractivity contribution in [1.82, 2.24) is 0 Å². The summed E-state index contributed by atoms with van der Waals surface area (Å²) < 4.78 is 5.81. The summed E-state index contributed by atoms with van der Waals surface area (Å²) in [6.07, 6.45) is 1.69. The molecule has 2 aromatic carbocycles. The van der Waals surface area contributed by atoms with Crippen molar-refractivity contribution in [2.45, 2.75) is 20.0 Å². The number of fused-ring (bicyclic) bond motifs is 1. The number of hydrogen-bond donors (Lipinski definition) is 2. The molecule has 0 radical (unpaired) electrons. The van der Waals surface area contributed by atoms with Crippen LogP contribution in [-0.2, 0) is 0 Å². The van der Waals surface area contributed by atoms with E-state index >= 15 is 0 Å². The summed E-state index contributed by atoms with van der Waals surface area (Å²) in [6.45, 7) is 3.96. The van der Waals surface area contributed by atoms with Crippen LogP contribution in [-0.4, -0.2) is 18.3 Å². The van der Waals surface area contributed by atoms with Gasteiger partial charge in [0.2, 0.25) is 5.96 Å². The zero-order chi connectivity index (χ0) is 14.5. The summed E-state index contributed by atoms with van der Waals surface area (Å²) in [6, 6.07) is 12.0. The maximum Gasteiger partial charge on any atom is 0.211 e. The predicted octanol–water partition coefficient (Wildman–Crippen LogP) is 2.23. The first-order valence-corrected chi connectivity index (χ1v) is 6.38. The molecule has 0 atom stereocenters. The monoisotopic (exact) mass is 270 g/mol. The van der Waals surface area contributed by atoms with Gasteiger partial charge in [0.1, 0.15) is 5.75 Å². The van der Waals surface area contributed by atoms with Crippen molar-refractivity contribution in [3.8, 4) is 5.75 Å². The van der Waals surface area contributed by atoms with Gasteiger partial charge in [0.15, 0.2) is 0 Å². The highest BCUT2D eigenvalue weighted by atomic mass is 16.5. The lowest BCUT2D eigenvalue weighted by Gasteiger charge is -2.14. The quantitative estimate of drug-likeness (QED) is 0.507. The first-order chi connectivity index (χ1) is 9.58. The molecule has 0 heterocycles. The van der Waals surface area contributed by atoms with Gasteiger partial charge >= 0.3 is 0 Å². The second-order valence-electron chi connectivity index (χ2n) is 4.63. The molecule has 0 saturated carbocycles. The van der Waals surface area contributed by atoms with Crippen LogP contribution in [0.3, 0.4) is 0 Å². The molecule has 0 fully saturated rings. The molecule has 4 N–H and O–H groups in total. The van der Waals surface area contributed by atoms with E-state index in [-0.39, 0.29) is 12.1 Å². The first kappa shape index (κ1) is 13.9. The van der Waals surface area contributed by atoms with Crippen molar-refractivity contribution in [3.63, 3.8) is 0 Å². The van der Waals surface area contributed by atoms with E-state index in [0.29, 0.717) is 0 Å². The number of benzene rings is 2. The van der Waals surface area contributed by atoms with Gasteiger partial charge in [-0.15, -0.1) is 5.10 Å². The second-order valence-corrected chi connectivity index (χ2v) is 4.63. The van der Waals surface area contributed by atoms with Crippen molar-refractivity contribution in [2.75, 3.05) is 0 Å². The SMILES string of the molecule is CC(C)Oc1ccc2ccccc2c1C=NN=C(N)N. The molecule has 0 saturated heterocycles. The molecular weight excluding hydrogens is 252 g/mol. The second kappa shape index (κ2) is 6.06. The van der Waals surface area contributed by atoms with Crippen LogP contribution in [0.5, 0.6) is 5.75 Å². The smallest absolute Gasteiger partial charge is 0.211 e. The van der Waals surface area contributed by atoms with Gasteiger partial charge in [0.05, 0.1) is 12.3 Å². The van der Waals surface area contributed by atoms with Crippen LogP contribution in [0.15, 0.2) is 46.6 Å². The van der Waals surface area contributed by atoms with Crippen LogP contribution >= 0.6 is 0 Å². The van der Waals surface area contributed by atoms with E-state index in [1.54, 1.807) is 6.21 Å². The molecule has 0 aliphatic rings. The van der Waals surface area contributed by atoms with E-state index < -0.39 is 0 Å². The van der Waals surface area contributed by atoms with Crippen molar-refractivity contribution < 1.29 is 4.74 Å². The van der Waals surface area contributed by atoms with Gasteiger partial charge in [-0.25, -0.2) is 0 Å². The molecule has 0 amide bonds. The number of guanidine groups is 1. The molecule has 0 bridgehead atoms. The summed E-state index contributed by atoms with van der Waals surface area (Å²) in [4.78, 5) is 0. The standard InChI is InChI=1S/C15H18N4O/c1-10(2)20-14-8-7-11-5-3-4-6-12(11)13(14)9-18-19-15(16)17/h3-10H,1-2H3,(H4,16,17,19). The fourth-order valence-corrected chi connectivity index (χ4v) is 1.92. The van der Waals surface area contributed by atoms with Crippen LogP contribution in [0, 0.1) is 0 Å². The van der Waals surface area contributed by atoms with Crippen LogP contribution in [0.25, 0.3) is 10.8 Å². The maximum atomic E-state index is 5.81. The lowest BCUT2D eigenvalue weighted by molar-refractivity contribution is 0.242. The van der Waals surface area contributed by atoms with E-state index in [4.69, 9.17) is 16.2 Å². The van der Waals surface area contributed by atoms with Crippen LogP contribution < -0.4 is 16.2 Å². The minimum Gasteiger partial charge on any atom is -0.490 e. The molecule has 0 aliphatic heterocycles. The minimum absolute atomic E-state index is 0.0754. The highest BCUT2D eigenvalue weighted by Gasteiger charge is 2.08. The summed E-state index contributed by atoms with van der Waals surface area (Å²) in [5, 5.41) is 9.67. The lowest BCUT2D eigenvalue weighted by Crippen LogP contribution is -2.21. The van der Waals surface area contributed by atoms with Crippen LogP contribution in [0.2, 0.25) is 0 Å². The minimum atomic E-state index is -0.0761. The Morgan fingerprint density at radius 1 is 1.15 bits per heavy atom. The Morgan fingerprint density at radius 2 is 1.90 bits per heavy atom.